The van der Waals surface area contributed by atoms with Crippen molar-refractivity contribution < 1.29 is 14.6 Å². The highest BCUT2D eigenvalue weighted by Crippen LogP contribution is 2.16. The predicted octanol–water partition coefficient (Wildman–Crippen LogP) is 1.54. The predicted molar refractivity (Wildman–Crippen MR) is 76.9 cm³/mol. The number of likely N-dealkylation sites (tertiary alicyclic amines) is 1. The fraction of sp³-hybridized carbons (Fsp3) is 0.533. The molecule has 1 heterocycles. The topological polar surface area (TPSA) is 61.8 Å². The minimum Gasteiger partial charge on any atom is -0.492 e. The second-order valence-electron chi connectivity index (χ2n) is 5.07. The van der Waals surface area contributed by atoms with E-state index in [9.17, 15) is 9.90 Å². The van der Waals surface area contributed by atoms with Crippen LogP contribution in [0.5, 0.6) is 5.75 Å². The zero-order chi connectivity index (χ0) is 14.4. The third kappa shape index (κ3) is 3.87. The number of urea groups is 1. The van der Waals surface area contributed by atoms with Crippen molar-refractivity contribution in [1.29, 1.82) is 0 Å². The number of carbonyl (C=O) groups excluding carboxylic acids is 1. The Labute approximate surface area is 119 Å². The standard InChI is InChI=1S/C15H22N2O3/c1-12-4-6-14(7-5-12)20-10-8-16-15(19)17-9-2-3-13(17)11-18/h4-7,13,18H,2-3,8-11H2,1H3,(H,16,19). The molecule has 5 nitrogen and oxygen atoms in total. The van der Waals surface area contributed by atoms with E-state index in [0.29, 0.717) is 13.2 Å². The molecule has 0 aromatic heterocycles. The molecule has 2 rings (SSSR count). The van der Waals surface area contributed by atoms with E-state index in [4.69, 9.17) is 4.74 Å². The molecule has 1 saturated heterocycles. The number of nitrogens with zero attached hydrogens (tertiary/aromatic N) is 1. The number of benzene rings is 1. The van der Waals surface area contributed by atoms with E-state index in [1.807, 2.05) is 31.2 Å². The van der Waals surface area contributed by atoms with Gasteiger partial charge in [-0.1, -0.05) is 17.7 Å². The van der Waals surface area contributed by atoms with Crippen molar-refractivity contribution in [2.75, 3.05) is 26.3 Å². The SMILES string of the molecule is Cc1ccc(OCCNC(=O)N2CCCC2CO)cc1. The summed E-state index contributed by atoms with van der Waals surface area (Å²) in [6.07, 6.45) is 1.84. The molecule has 1 aromatic rings. The minimum absolute atomic E-state index is 0.0342. The largest absolute Gasteiger partial charge is 0.492 e. The van der Waals surface area contributed by atoms with Crippen molar-refractivity contribution in [2.45, 2.75) is 25.8 Å². The number of hydrogen-bond acceptors (Lipinski definition) is 3. The van der Waals surface area contributed by atoms with E-state index in [2.05, 4.69) is 5.32 Å². The van der Waals surface area contributed by atoms with Gasteiger partial charge in [-0.2, -0.15) is 0 Å². The molecule has 0 aliphatic carbocycles. The van der Waals surface area contributed by atoms with Crippen LogP contribution in [0, 0.1) is 6.92 Å². The Morgan fingerprint density at radius 1 is 1.45 bits per heavy atom. The van der Waals surface area contributed by atoms with Crippen LogP contribution in [0.1, 0.15) is 18.4 Å². The summed E-state index contributed by atoms with van der Waals surface area (Å²) in [4.78, 5) is 13.6. The lowest BCUT2D eigenvalue weighted by molar-refractivity contribution is 0.156. The van der Waals surface area contributed by atoms with Gasteiger partial charge in [0, 0.05) is 6.54 Å². The maximum absolute atomic E-state index is 11.9. The van der Waals surface area contributed by atoms with Gasteiger partial charge in [0.05, 0.1) is 19.2 Å². The van der Waals surface area contributed by atoms with Crippen molar-refractivity contribution in [3.05, 3.63) is 29.8 Å². The van der Waals surface area contributed by atoms with Crippen LogP contribution in [-0.2, 0) is 0 Å². The summed E-state index contributed by atoms with van der Waals surface area (Å²) < 4.78 is 5.54. The molecule has 0 radical (unpaired) electrons. The molecule has 5 heteroatoms. The Kier molecular flexibility index (Phi) is 5.24. The summed E-state index contributed by atoms with van der Waals surface area (Å²) in [6.45, 7) is 3.68. The van der Waals surface area contributed by atoms with Gasteiger partial charge in [0.15, 0.2) is 0 Å². The van der Waals surface area contributed by atoms with Gasteiger partial charge in [0.1, 0.15) is 12.4 Å². The molecule has 1 fully saturated rings. The Balaban J connectivity index is 1.68. The summed E-state index contributed by atoms with van der Waals surface area (Å²) in [5.41, 5.74) is 1.19. The summed E-state index contributed by atoms with van der Waals surface area (Å²) in [5, 5.41) is 12.0. The van der Waals surface area contributed by atoms with Crippen molar-refractivity contribution in [3.63, 3.8) is 0 Å². The molecule has 20 heavy (non-hydrogen) atoms. The number of ether oxygens (including phenoxy) is 1. The van der Waals surface area contributed by atoms with Gasteiger partial charge >= 0.3 is 6.03 Å². The molecule has 1 aliphatic heterocycles. The van der Waals surface area contributed by atoms with E-state index < -0.39 is 0 Å². The zero-order valence-electron chi connectivity index (χ0n) is 11.8. The van der Waals surface area contributed by atoms with Crippen molar-refractivity contribution in [2.24, 2.45) is 0 Å². The first-order valence-electron chi connectivity index (χ1n) is 7.05. The lowest BCUT2D eigenvalue weighted by Gasteiger charge is -2.23. The normalized spacial score (nSPS) is 18.1. The smallest absolute Gasteiger partial charge is 0.317 e. The van der Waals surface area contributed by atoms with Crippen LogP contribution in [0.4, 0.5) is 4.79 Å². The van der Waals surface area contributed by atoms with E-state index in [-0.39, 0.29) is 18.7 Å². The van der Waals surface area contributed by atoms with Gasteiger partial charge in [-0.25, -0.2) is 4.79 Å². The summed E-state index contributed by atoms with van der Waals surface area (Å²) >= 11 is 0. The molecular weight excluding hydrogens is 256 g/mol. The van der Waals surface area contributed by atoms with Gasteiger partial charge in [-0.3, -0.25) is 0 Å². The third-order valence-corrected chi connectivity index (χ3v) is 3.52. The minimum atomic E-state index is -0.117. The Morgan fingerprint density at radius 3 is 2.90 bits per heavy atom. The number of nitrogens with one attached hydrogen (secondary N) is 1. The third-order valence-electron chi connectivity index (χ3n) is 3.52. The Morgan fingerprint density at radius 2 is 2.20 bits per heavy atom. The molecule has 1 atom stereocenters. The lowest BCUT2D eigenvalue weighted by Crippen LogP contribution is -2.45. The van der Waals surface area contributed by atoms with E-state index in [1.54, 1.807) is 4.90 Å². The van der Waals surface area contributed by atoms with Crippen LogP contribution in [0.25, 0.3) is 0 Å². The molecule has 2 amide bonds. The number of carbonyl (C=O) groups is 1. The molecule has 1 unspecified atom stereocenters. The Bertz CT molecular complexity index is 433. The number of amides is 2. The number of rotatable bonds is 5. The molecule has 0 bridgehead atoms. The fourth-order valence-corrected chi connectivity index (χ4v) is 2.36. The summed E-state index contributed by atoms with van der Waals surface area (Å²) in [5.74, 6) is 0.805. The van der Waals surface area contributed by atoms with Crippen LogP contribution in [0.15, 0.2) is 24.3 Å². The first-order chi connectivity index (χ1) is 9.70. The fourth-order valence-electron chi connectivity index (χ4n) is 2.36. The monoisotopic (exact) mass is 278 g/mol. The van der Waals surface area contributed by atoms with Crippen molar-refractivity contribution >= 4 is 6.03 Å². The highest BCUT2D eigenvalue weighted by Gasteiger charge is 2.27. The van der Waals surface area contributed by atoms with E-state index in [1.165, 1.54) is 5.56 Å². The van der Waals surface area contributed by atoms with Crippen molar-refractivity contribution in [3.8, 4) is 5.75 Å². The summed E-state index contributed by atoms with van der Waals surface area (Å²) in [6, 6.07) is 7.66. The Hall–Kier alpha value is -1.75. The highest BCUT2D eigenvalue weighted by molar-refractivity contribution is 5.74. The van der Waals surface area contributed by atoms with Crippen LogP contribution >= 0.6 is 0 Å². The molecule has 1 aromatic carbocycles. The van der Waals surface area contributed by atoms with Gasteiger partial charge in [-0.15, -0.1) is 0 Å². The number of aliphatic hydroxyl groups excluding tert-OH is 1. The van der Waals surface area contributed by atoms with Crippen LogP contribution < -0.4 is 10.1 Å². The van der Waals surface area contributed by atoms with Crippen LogP contribution in [0.3, 0.4) is 0 Å². The molecule has 2 N–H and O–H groups in total. The average molecular weight is 278 g/mol. The average Bonchev–Trinajstić information content (AvgIpc) is 2.94. The maximum Gasteiger partial charge on any atom is 0.317 e. The number of aryl methyl sites for hydroxylation is 1. The molecule has 0 saturated carbocycles. The number of aliphatic hydroxyl groups is 1. The summed E-state index contributed by atoms with van der Waals surface area (Å²) in [7, 11) is 0. The lowest BCUT2D eigenvalue weighted by atomic mass is 10.2. The number of hydrogen-bond donors (Lipinski definition) is 2. The molecular formula is C15H22N2O3. The maximum atomic E-state index is 11.9. The van der Waals surface area contributed by atoms with Gasteiger partial charge in [0.25, 0.3) is 0 Å². The quantitative estimate of drug-likeness (QED) is 0.803. The highest BCUT2D eigenvalue weighted by atomic mass is 16.5. The van der Waals surface area contributed by atoms with Gasteiger partial charge < -0.3 is 20.1 Å². The molecule has 1 aliphatic rings. The second-order valence-corrected chi connectivity index (χ2v) is 5.07. The second kappa shape index (κ2) is 7.14. The molecule has 0 spiro atoms. The van der Waals surface area contributed by atoms with Crippen molar-refractivity contribution in [1.82, 2.24) is 10.2 Å². The van der Waals surface area contributed by atoms with E-state index in [0.717, 1.165) is 25.1 Å². The zero-order valence-corrected chi connectivity index (χ0v) is 11.8. The van der Waals surface area contributed by atoms with Gasteiger partial charge in [-0.05, 0) is 31.9 Å². The molecule has 110 valence electrons. The van der Waals surface area contributed by atoms with E-state index >= 15 is 0 Å². The van der Waals surface area contributed by atoms with Crippen LogP contribution in [0.2, 0.25) is 0 Å². The first kappa shape index (κ1) is 14.7. The van der Waals surface area contributed by atoms with Crippen LogP contribution in [-0.4, -0.2) is 48.4 Å². The first-order valence-corrected chi connectivity index (χ1v) is 7.05. The van der Waals surface area contributed by atoms with Gasteiger partial charge in [0.2, 0.25) is 0 Å².